The number of furan rings is 1. The molecule has 3 atom stereocenters. The zero-order chi connectivity index (χ0) is 17.3. The van der Waals surface area contributed by atoms with Gasteiger partial charge < -0.3 is 24.5 Å². The van der Waals surface area contributed by atoms with Crippen molar-refractivity contribution in [3.8, 4) is 0 Å². The summed E-state index contributed by atoms with van der Waals surface area (Å²) in [4.78, 5) is 14.4. The molecule has 0 saturated carbocycles. The number of aliphatic hydroxyl groups is 1. The van der Waals surface area contributed by atoms with Crippen LogP contribution in [0, 0.1) is 0 Å². The number of nitrogens with one attached hydrogen (secondary N) is 1. The molecule has 2 aliphatic heterocycles. The normalized spacial score (nSPS) is 28.0. The molecule has 2 bridgehead atoms. The van der Waals surface area contributed by atoms with Crippen LogP contribution < -0.4 is 5.32 Å². The van der Waals surface area contributed by atoms with Gasteiger partial charge in [-0.25, -0.2) is 4.79 Å². The fraction of sp³-hybridized carbons (Fsp3) is 0.722. The molecule has 3 rings (SSSR count). The SMILES string of the molecule is CC(C)(C)OC(=O)N1C2CCC1CC(NC(CO)c1ccco1)C2. The molecule has 1 aromatic rings. The first kappa shape index (κ1) is 17.3. The Morgan fingerprint density at radius 1 is 1.42 bits per heavy atom. The topological polar surface area (TPSA) is 74.9 Å². The molecule has 2 fully saturated rings. The molecule has 2 saturated heterocycles. The first-order valence-corrected chi connectivity index (χ1v) is 8.79. The van der Waals surface area contributed by atoms with Crippen LogP contribution in [0.15, 0.2) is 22.8 Å². The maximum Gasteiger partial charge on any atom is 0.410 e. The second kappa shape index (κ2) is 6.76. The number of ether oxygens (including phenoxy) is 1. The Bertz CT molecular complexity index is 538. The largest absolute Gasteiger partial charge is 0.468 e. The lowest BCUT2D eigenvalue weighted by Gasteiger charge is -2.40. The van der Waals surface area contributed by atoms with Crippen LogP contribution in [-0.2, 0) is 4.74 Å². The zero-order valence-corrected chi connectivity index (χ0v) is 14.7. The van der Waals surface area contributed by atoms with Gasteiger partial charge in [-0.2, -0.15) is 0 Å². The van der Waals surface area contributed by atoms with Gasteiger partial charge in [0.15, 0.2) is 0 Å². The van der Waals surface area contributed by atoms with Crippen LogP contribution in [0.5, 0.6) is 0 Å². The monoisotopic (exact) mass is 336 g/mol. The number of aliphatic hydroxyl groups excluding tert-OH is 1. The predicted molar refractivity (Wildman–Crippen MR) is 89.6 cm³/mol. The molecular weight excluding hydrogens is 308 g/mol. The molecule has 24 heavy (non-hydrogen) atoms. The molecule has 0 aromatic carbocycles. The van der Waals surface area contributed by atoms with Gasteiger partial charge >= 0.3 is 6.09 Å². The van der Waals surface area contributed by atoms with Gasteiger partial charge in [-0.15, -0.1) is 0 Å². The van der Waals surface area contributed by atoms with Crippen LogP contribution in [0.2, 0.25) is 0 Å². The lowest BCUT2D eigenvalue weighted by molar-refractivity contribution is 0.00368. The standard InChI is InChI=1S/C18H28N2O4/c1-18(2,3)24-17(22)20-13-6-7-14(20)10-12(9-13)19-15(11-21)16-5-4-8-23-16/h4-5,8,12-15,19,21H,6-7,9-11H2,1-3H3. The summed E-state index contributed by atoms with van der Waals surface area (Å²) in [7, 11) is 0. The Morgan fingerprint density at radius 2 is 2.08 bits per heavy atom. The van der Waals surface area contributed by atoms with E-state index in [0.29, 0.717) is 0 Å². The Kier molecular flexibility index (Phi) is 4.88. The van der Waals surface area contributed by atoms with E-state index in [9.17, 15) is 9.90 Å². The van der Waals surface area contributed by atoms with Crippen molar-refractivity contribution in [3.05, 3.63) is 24.2 Å². The summed E-state index contributed by atoms with van der Waals surface area (Å²) in [5, 5.41) is 13.1. The summed E-state index contributed by atoms with van der Waals surface area (Å²) in [6.45, 7) is 5.69. The molecule has 2 N–H and O–H groups in total. The number of amides is 1. The van der Waals surface area contributed by atoms with E-state index in [0.717, 1.165) is 31.4 Å². The van der Waals surface area contributed by atoms with Crippen molar-refractivity contribution in [2.75, 3.05) is 6.61 Å². The van der Waals surface area contributed by atoms with Gasteiger partial charge in [-0.1, -0.05) is 0 Å². The number of rotatable bonds is 4. The van der Waals surface area contributed by atoms with Crippen LogP contribution in [-0.4, -0.2) is 46.4 Å². The molecule has 3 heterocycles. The molecule has 0 aliphatic carbocycles. The molecule has 6 nitrogen and oxygen atoms in total. The van der Waals surface area contributed by atoms with Crippen molar-refractivity contribution in [3.63, 3.8) is 0 Å². The second-order valence-electron chi connectivity index (χ2n) is 7.86. The Balaban J connectivity index is 1.61. The van der Waals surface area contributed by atoms with Crippen molar-refractivity contribution in [2.45, 2.75) is 76.2 Å². The summed E-state index contributed by atoms with van der Waals surface area (Å²) in [6, 6.07) is 4.20. The van der Waals surface area contributed by atoms with Crippen molar-refractivity contribution >= 4 is 6.09 Å². The third-order valence-electron chi connectivity index (χ3n) is 4.84. The number of fused-ring (bicyclic) bond motifs is 2. The highest BCUT2D eigenvalue weighted by atomic mass is 16.6. The summed E-state index contributed by atoms with van der Waals surface area (Å²) in [5.41, 5.74) is -0.465. The fourth-order valence-corrected chi connectivity index (χ4v) is 3.92. The third kappa shape index (κ3) is 3.75. The number of carbonyl (C=O) groups excluding carboxylic acids is 1. The molecule has 0 radical (unpaired) electrons. The summed E-state index contributed by atoms with van der Waals surface area (Å²) in [6.07, 6.45) is 5.23. The van der Waals surface area contributed by atoms with Gasteiger partial charge in [0, 0.05) is 18.1 Å². The van der Waals surface area contributed by atoms with E-state index in [1.807, 2.05) is 37.8 Å². The third-order valence-corrected chi connectivity index (χ3v) is 4.84. The number of hydrogen-bond donors (Lipinski definition) is 2. The minimum Gasteiger partial charge on any atom is -0.468 e. The van der Waals surface area contributed by atoms with E-state index in [1.54, 1.807) is 6.26 Å². The van der Waals surface area contributed by atoms with Gasteiger partial charge in [0.1, 0.15) is 11.4 Å². The molecule has 6 heteroatoms. The average Bonchev–Trinajstić information content (AvgIpc) is 3.10. The Hall–Kier alpha value is -1.53. The maximum absolute atomic E-state index is 12.5. The van der Waals surface area contributed by atoms with Crippen molar-refractivity contribution in [1.82, 2.24) is 10.2 Å². The fourth-order valence-electron chi connectivity index (χ4n) is 3.92. The molecule has 1 amide bonds. The Labute approximate surface area is 143 Å². The molecule has 0 spiro atoms. The number of nitrogens with zero attached hydrogens (tertiary/aromatic N) is 1. The van der Waals surface area contributed by atoms with Crippen LogP contribution in [0.3, 0.4) is 0 Å². The van der Waals surface area contributed by atoms with Gasteiger partial charge in [0.25, 0.3) is 0 Å². The zero-order valence-electron chi connectivity index (χ0n) is 14.7. The predicted octanol–water partition coefficient (Wildman–Crippen LogP) is 2.83. The maximum atomic E-state index is 12.5. The van der Waals surface area contributed by atoms with Crippen LogP contribution in [0.25, 0.3) is 0 Å². The highest BCUT2D eigenvalue weighted by Gasteiger charge is 2.45. The summed E-state index contributed by atoms with van der Waals surface area (Å²) >= 11 is 0. The van der Waals surface area contributed by atoms with Crippen LogP contribution >= 0.6 is 0 Å². The summed E-state index contributed by atoms with van der Waals surface area (Å²) < 4.78 is 11.0. The van der Waals surface area contributed by atoms with Crippen LogP contribution in [0.1, 0.15) is 58.3 Å². The number of hydrogen-bond acceptors (Lipinski definition) is 5. The highest BCUT2D eigenvalue weighted by Crippen LogP contribution is 2.37. The van der Waals surface area contributed by atoms with E-state index < -0.39 is 5.60 Å². The molecular formula is C18H28N2O4. The van der Waals surface area contributed by atoms with Gasteiger partial charge in [-0.3, -0.25) is 0 Å². The molecule has 1 aromatic heterocycles. The van der Waals surface area contributed by atoms with Gasteiger partial charge in [-0.05, 0) is 58.6 Å². The van der Waals surface area contributed by atoms with E-state index in [2.05, 4.69) is 5.32 Å². The lowest BCUT2D eigenvalue weighted by Crippen LogP contribution is -2.53. The highest BCUT2D eigenvalue weighted by molar-refractivity contribution is 5.69. The molecule has 134 valence electrons. The minimum atomic E-state index is -0.465. The van der Waals surface area contributed by atoms with Crippen molar-refractivity contribution in [2.24, 2.45) is 0 Å². The first-order chi connectivity index (χ1) is 11.4. The second-order valence-corrected chi connectivity index (χ2v) is 7.86. The van der Waals surface area contributed by atoms with E-state index in [1.165, 1.54) is 0 Å². The lowest BCUT2D eigenvalue weighted by atomic mass is 9.96. The number of piperidine rings is 1. The number of carbonyl (C=O) groups is 1. The van der Waals surface area contributed by atoms with E-state index in [-0.39, 0.29) is 36.9 Å². The molecule has 2 aliphatic rings. The van der Waals surface area contributed by atoms with Crippen molar-refractivity contribution in [1.29, 1.82) is 0 Å². The smallest absolute Gasteiger partial charge is 0.410 e. The quantitative estimate of drug-likeness (QED) is 0.884. The molecule has 3 unspecified atom stereocenters. The van der Waals surface area contributed by atoms with Gasteiger partial charge in [0.05, 0.1) is 18.9 Å². The first-order valence-electron chi connectivity index (χ1n) is 8.79. The average molecular weight is 336 g/mol. The minimum absolute atomic E-state index is 0.00483. The van der Waals surface area contributed by atoms with Crippen LogP contribution in [0.4, 0.5) is 4.79 Å². The Morgan fingerprint density at radius 3 is 2.58 bits per heavy atom. The summed E-state index contributed by atoms with van der Waals surface area (Å²) in [5.74, 6) is 0.749. The van der Waals surface area contributed by atoms with E-state index in [4.69, 9.17) is 9.15 Å². The van der Waals surface area contributed by atoms with Gasteiger partial charge in [0.2, 0.25) is 0 Å². The van der Waals surface area contributed by atoms with E-state index >= 15 is 0 Å². The van der Waals surface area contributed by atoms with Crippen molar-refractivity contribution < 1.29 is 19.1 Å².